The first-order chi connectivity index (χ1) is 8.90. The van der Waals surface area contributed by atoms with E-state index in [9.17, 15) is 0 Å². The molecule has 18 heavy (non-hydrogen) atoms. The molecular weight excluding hydrogens is 226 g/mol. The largest absolute Gasteiger partial charge is 0.320 e. The third-order valence-electron chi connectivity index (χ3n) is 2.97. The van der Waals surface area contributed by atoms with Gasteiger partial charge in [0.25, 0.3) is 0 Å². The van der Waals surface area contributed by atoms with Gasteiger partial charge in [0.2, 0.25) is 0 Å². The molecule has 5 nitrogen and oxygen atoms in total. The minimum Gasteiger partial charge on any atom is -0.320 e. The van der Waals surface area contributed by atoms with Gasteiger partial charge in [-0.2, -0.15) is 0 Å². The lowest BCUT2D eigenvalue weighted by molar-refractivity contribution is 1.12. The fraction of sp³-hybridized carbons (Fsp3) is 0. The van der Waals surface area contributed by atoms with Crippen molar-refractivity contribution in [1.29, 1.82) is 0 Å². The Balaban J connectivity index is 1.94. The lowest BCUT2D eigenvalue weighted by atomic mass is 10.2. The molecule has 4 heterocycles. The van der Waals surface area contributed by atoms with Crippen LogP contribution in [0.3, 0.4) is 0 Å². The minimum atomic E-state index is 0.851. The fourth-order valence-electron chi connectivity index (χ4n) is 2.07. The fourth-order valence-corrected chi connectivity index (χ4v) is 2.07. The van der Waals surface area contributed by atoms with E-state index in [1.54, 1.807) is 18.6 Å². The molecule has 0 amide bonds. The summed E-state index contributed by atoms with van der Waals surface area (Å²) in [5, 5.41) is 0. The Labute approximate surface area is 102 Å². The topological polar surface area (TPSA) is 47.5 Å². The van der Waals surface area contributed by atoms with Gasteiger partial charge >= 0.3 is 0 Å². The van der Waals surface area contributed by atoms with Crippen molar-refractivity contribution in [2.24, 2.45) is 0 Å². The Morgan fingerprint density at radius 1 is 0.889 bits per heavy atom. The Morgan fingerprint density at radius 2 is 1.83 bits per heavy atom. The van der Waals surface area contributed by atoms with E-state index in [0.29, 0.717) is 0 Å². The molecule has 0 fully saturated rings. The SMILES string of the molecule is c1cn2cc(-c3cn4ccnc4cn3)cc2cn1. The van der Waals surface area contributed by atoms with Crippen LogP contribution in [0, 0.1) is 0 Å². The summed E-state index contributed by atoms with van der Waals surface area (Å²) in [5.74, 6) is 0. The number of hydrogen-bond donors (Lipinski definition) is 0. The zero-order valence-electron chi connectivity index (χ0n) is 9.43. The van der Waals surface area contributed by atoms with Crippen molar-refractivity contribution in [2.45, 2.75) is 0 Å². The smallest absolute Gasteiger partial charge is 0.155 e. The predicted molar refractivity (Wildman–Crippen MR) is 67.2 cm³/mol. The third-order valence-corrected chi connectivity index (χ3v) is 2.97. The van der Waals surface area contributed by atoms with Crippen molar-refractivity contribution >= 4 is 11.2 Å². The standard InChI is InChI=1S/C13H9N5/c1-3-17-8-10(5-11(17)6-14-1)12-9-18-4-2-15-13(18)7-16-12/h1-9H. The second kappa shape index (κ2) is 3.40. The van der Waals surface area contributed by atoms with Crippen LogP contribution in [0.4, 0.5) is 0 Å². The summed E-state index contributed by atoms with van der Waals surface area (Å²) in [7, 11) is 0. The maximum Gasteiger partial charge on any atom is 0.155 e. The van der Waals surface area contributed by atoms with E-state index >= 15 is 0 Å². The molecule has 0 saturated heterocycles. The second-order valence-electron chi connectivity index (χ2n) is 4.10. The van der Waals surface area contributed by atoms with Gasteiger partial charge in [0.05, 0.1) is 23.6 Å². The van der Waals surface area contributed by atoms with E-state index in [1.165, 1.54) is 0 Å². The predicted octanol–water partition coefficient (Wildman–Crippen LogP) is 2.04. The van der Waals surface area contributed by atoms with Crippen molar-refractivity contribution in [3.63, 3.8) is 0 Å². The lowest BCUT2D eigenvalue weighted by Crippen LogP contribution is -1.88. The summed E-state index contributed by atoms with van der Waals surface area (Å²) in [4.78, 5) is 12.7. The summed E-state index contributed by atoms with van der Waals surface area (Å²) in [6, 6.07) is 2.07. The normalized spacial score (nSPS) is 11.3. The van der Waals surface area contributed by atoms with E-state index in [1.807, 2.05) is 39.8 Å². The molecular formula is C13H9N5. The maximum atomic E-state index is 4.43. The molecule has 0 radical (unpaired) electrons. The highest BCUT2D eigenvalue weighted by molar-refractivity contribution is 5.67. The monoisotopic (exact) mass is 235 g/mol. The lowest BCUT2D eigenvalue weighted by Gasteiger charge is -1.97. The summed E-state index contributed by atoms with van der Waals surface area (Å²) >= 11 is 0. The van der Waals surface area contributed by atoms with Crippen LogP contribution in [0.2, 0.25) is 0 Å². The number of fused-ring (bicyclic) bond motifs is 2. The molecule has 0 N–H and O–H groups in total. The molecule has 0 aliphatic rings. The molecule has 0 atom stereocenters. The van der Waals surface area contributed by atoms with E-state index in [-0.39, 0.29) is 0 Å². The Hall–Kier alpha value is -2.69. The molecule has 5 heteroatoms. The van der Waals surface area contributed by atoms with Crippen molar-refractivity contribution < 1.29 is 0 Å². The van der Waals surface area contributed by atoms with Crippen LogP contribution < -0.4 is 0 Å². The van der Waals surface area contributed by atoms with Gasteiger partial charge in [0.15, 0.2) is 5.65 Å². The van der Waals surface area contributed by atoms with E-state index < -0.39 is 0 Å². The number of rotatable bonds is 1. The first-order valence-corrected chi connectivity index (χ1v) is 5.61. The van der Waals surface area contributed by atoms with Gasteiger partial charge in [-0.1, -0.05) is 0 Å². The minimum absolute atomic E-state index is 0.851. The first-order valence-electron chi connectivity index (χ1n) is 5.61. The molecule has 0 aromatic carbocycles. The van der Waals surface area contributed by atoms with Gasteiger partial charge in [0, 0.05) is 42.7 Å². The van der Waals surface area contributed by atoms with E-state index in [4.69, 9.17) is 0 Å². The number of imidazole rings is 1. The van der Waals surface area contributed by atoms with Gasteiger partial charge in [-0.25, -0.2) is 4.98 Å². The highest BCUT2D eigenvalue weighted by atomic mass is 15.0. The summed E-state index contributed by atoms with van der Waals surface area (Å²) in [5.41, 5.74) is 3.90. The molecule has 0 spiro atoms. The van der Waals surface area contributed by atoms with Gasteiger partial charge < -0.3 is 8.80 Å². The van der Waals surface area contributed by atoms with E-state index in [0.717, 1.165) is 22.4 Å². The second-order valence-corrected chi connectivity index (χ2v) is 4.10. The van der Waals surface area contributed by atoms with Crippen LogP contribution in [-0.2, 0) is 0 Å². The molecule has 0 aliphatic carbocycles. The van der Waals surface area contributed by atoms with Crippen LogP contribution >= 0.6 is 0 Å². The Kier molecular flexibility index (Phi) is 1.77. The maximum absolute atomic E-state index is 4.43. The van der Waals surface area contributed by atoms with Crippen molar-refractivity contribution in [3.05, 3.63) is 55.6 Å². The van der Waals surface area contributed by atoms with Crippen molar-refractivity contribution in [3.8, 4) is 11.3 Å². The molecule has 0 bridgehead atoms. The van der Waals surface area contributed by atoms with Crippen LogP contribution in [0.15, 0.2) is 55.6 Å². The highest BCUT2D eigenvalue weighted by Gasteiger charge is 2.05. The molecule has 0 aliphatic heterocycles. The van der Waals surface area contributed by atoms with Gasteiger partial charge in [0.1, 0.15) is 0 Å². The zero-order chi connectivity index (χ0) is 11.9. The van der Waals surface area contributed by atoms with Crippen LogP contribution in [-0.4, -0.2) is 23.8 Å². The Morgan fingerprint density at radius 3 is 2.78 bits per heavy atom. The third kappa shape index (κ3) is 1.31. The number of hydrogen-bond acceptors (Lipinski definition) is 3. The molecule has 4 aromatic heterocycles. The zero-order valence-corrected chi connectivity index (χ0v) is 9.43. The number of aromatic nitrogens is 5. The van der Waals surface area contributed by atoms with Crippen LogP contribution in [0.25, 0.3) is 22.4 Å². The molecule has 4 rings (SSSR count). The number of nitrogens with zero attached hydrogens (tertiary/aromatic N) is 5. The van der Waals surface area contributed by atoms with Crippen molar-refractivity contribution in [1.82, 2.24) is 23.8 Å². The highest BCUT2D eigenvalue weighted by Crippen LogP contribution is 2.20. The molecule has 0 saturated carbocycles. The van der Waals surface area contributed by atoms with Crippen molar-refractivity contribution in [2.75, 3.05) is 0 Å². The average molecular weight is 235 g/mol. The van der Waals surface area contributed by atoms with Gasteiger partial charge in [-0.05, 0) is 6.07 Å². The van der Waals surface area contributed by atoms with Gasteiger partial charge in [-0.3, -0.25) is 9.97 Å². The van der Waals surface area contributed by atoms with Crippen LogP contribution in [0.1, 0.15) is 0 Å². The molecule has 4 aromatic rings. The average Bonchev–Trinajstić information content (AvgIpc) is 3.04. The van der Waals surface area contributed by atoms with Crippen LogP contribution in [0.5, 0.6) is 0 Å². The van der Waals surface area contributed by atoms with Gasteiger partial charge in [-0.15, -0.1) is 0 Å². The molecule has 86 valence electrons. The summed E-state index contributed by atoms with van der Waals surface area (Å²) in [6.07, 6.45) is 15.0. The molecule has 0 unspecified atom stereocenters. The summed E-state index contributed by atoms with van der Waals surface area (Å²) in [6.45, 7) is 0. The van der Waals surface area contributed by atoms with E-state index in [2.05, 4.69) is 21.0 Å². The first kappa shape index (κ1) is 9.35. The Bertz CT molecular complexity index is 809. The quantitative estimate of drug-likeness (QED) is 0.507. The summed E-state index contributed by atoms with van der Waals surface area (Å²) < 4.78 is 3.99.